The van der Waals surface area contributed by atoms with Gasteiger partial charge in [-0.3, -0.25) is 0 Å². The average Bonchev–Trinajstić information content (AvgIpc) is 2.13. The molecule has 0 aromatic carbocycles. The summed E-state index contributed by atoms with van der Waals surface area (Å²) >= 11 is 2.11. The molecule has 0 atom stereocenters. The number of hydrogen-bond acceptors (Lipinski definition) is 5. The number of sulfonamides is 1. The molecule has 1 rings (SSSR count). The Balaban J connectivity index is 2.65. The quantitative estimate of drug-likeness (QED) is 0.750. The first-order valence-electron chi connectivity index (χ1n) is 4.88. The Labute approximate surface area is 115 Å². The van der Waals surface area contributed by atoms with Crippen molar-refractivity contribution < 1.29 is 8.42 Å². The van der Waals surface area contributed by atoms with Crippen molar-refractivity contribution in [3.63, 3.8) is 0 Å². The molecule has 1 aromatic rings. The lowest BCUT2D eigenvalue weighted by atomic mass is 10.1. The van der Waals surface area contributed by atoms with E-state index in [1.165, 1.54) is 6.33 Å². The van der Waals surface area contributed by atoms with Gasteiger partial charge >= 0.3 is 0 Å². The number of halogens is 1. The molecule has 0 aliphatic rings. The number of nitrogens with one attached hydrogen (secondary N) is 2. The Morgan fingerprint density at radius 3 is 2.65 bits per heavy atom. The van der Waals surface area contributed by atoms with Crippen LogP contribution >= 0.6 is 22.6 Å². The highest BCUT2D eigenvalue weighted by Gasteiger charge is 2.22. The van der Waals surface area contributed by atoms with E-state index >= 15 is 0 Å². The van der Waals surface area contributed by atoms with Crippen molar-refractivity contribution in [3.05, 3.63) is 16.1 Å². The molecule has 0 spiro atoms. The standard InChI is InChI=1S/C9H15IN4O2S/c1-9(2,14-17(3,15)16)5-12-8-7(10)4-11-6-13-8/h4,6,14H,5H2,1-3H3,(H,11,12,13). The Kier molecular flexibility index (Phi) is 4.67. The summed E-state index contributed by atoms with van der Waals surface area (Å²) in [6.07, 6.45) is 4.28. The van der Waals surface area contributed by atoms with Crippen molar-refractivity contribution in [1.29, 1.82) is 0 Å². The molecule has 0 aliphatic carbocycles. The average molecular weight is 370 g/mol. The zero-order valence-electron chi connectivity index (χ0n) is 9.86. The predicted molar refractivity (Wildman–Crippen MR) is 75.3 cm³/mol. The summed E-state index contributed by atoms with van der Waals surface area (Å²) < 4.78 is 25.8. The molecule has 0 unspecified atom stereocenters. The van der Waals surface area contributed by atoms with E-state index in [1.807, 2.05) is 0 Å². The summed E-state index contributed by atoms with van der Waals surface area (Å²) in [7, 11) is -3.22. The van der Waals surface area contributed by atoms with E-state index in [-0.39, 0.29) is 0 Å². The monoisotopic (exact) mass is 370 g/mol. The van der Waals surface area contributed by atoms with Crippen LogP contribution in [0.25, 0.3) is 0 Å². The highest BCUT2D eigenvalue weighted by atomic mass is 127. The minimum atomic E-state index is -3.22. The maximum absolute atomic E-state index is 11.2. The smallest absolute Gasteiger partial charge is 0.209 e. The van der Waals surface area contributed by atoms with Gasteiger partial charge in [0, 0.05) is 18.3 Å². The lowest BCUT2D eigenvalue weighted by Crippen LogP contribution is -2.47. The second kappa shape index (κ2) is 5.44. The van der Waals surface area contributed by atoms with Crippen molar-refractivity contribution in [1.82, 2.24) is 14.7 Å². The van der Waals surface area contributed by atoms with Crippen LogP contribution in [0.2, 0.25) is 0 Å². The lowest BCUT2D eigenvalue weighted by Gasteiger charge is -2.25. The van der Waals surface area contributed by atoms with Crippen molar-refractivity contribution in [2.45, 2.75) is 19.4 Å². The van der Waals surface area contributed by atoms with Crippen LogP contribution in [0.3, 0.4) is 0 Å². The zero-order chi connectivity index (χ0) is 13.1. The van der Waals surface area contributed by atoms with Crippen molar-refractivity contribution in [2.24, 2.45) is 0 Å². The summed E-state index contributed by atoms with van der Waals surface area (Å²) in [4.78, 5) is 7.95. The molecular formula is C9H15IN4O2S. The van der Waals surface area contributed by atoms with Crippen molar-refractivity contribution in [3.8, 4) is 0 Å². The molecule has 2 N–H and O–H groups in total. The predicted octanol–water partition coefficient (Wildman–Crippen LogP) is 0.821. The van der Waals surface area contributed by atoms with Crippen LogP contribution in [-0.2, 0) is 10.0 Å². The number of aromatic nitrogens is 2. The fraction of sp³-hybridized carbons (Fsp3) is 0.556. The van der Waals surface area contributed by atoms with Gasteiger partial charge in [0.1, 0.15) is 12.1 Å². The summed E-state index contributed by atoms with van der Waals surface area (Å²) in [5, 5.41) is 3.09. The summed E-state index contributed by atoms with van der Waals surface area (Å²) in [6.45, 7) is 4.04. The van der Waals surface area contributed by atoms with Crippen LogP contribution in [0.15, 0.2) is 12.5 Å². The molecule has 1 heterocycles. The molecule has 17 heavy (non-hydrogen) atoms. The van der Waals surface area contributed by atoms with Gasteiger partial charge < -0.3 is 5.32 Å². The third kappa shape index (κ3) is 5.59. The first-order valence-corrected chi connectivity index (χ1v) is 7.85. The SMILES string of the molecule is CC(C)(CNc1ncncc1I)NS(C)(=O)=O. The third-order valence-corrected chi connectivity index (χ3v) is 3.54. The van der Waals surface area contributed by atoms with Gasteiger partial charge in [-0.2, -0.15) is 0 Å². The number of anilines is 1. The van der Waals surface area contributed by atoms with Gasteiger partial charge in [-0.1, -0.05) is 0 Å². The van der Waals surface area contributed by atoms with Crippen LogP contribution < -0.4 is 10.0 Å². The normalized spacial score (nSPS) is 12.5. The highest BCUT2D eigenvalue weighted by Crippen LogP contribution is 2.14. The van der Waals surface area contributed by atoms with Gasteiger partial charge in [0.05, 0.1) is 9.83 Å². The minimum Gasteiger partial charge on any atom is -0.367 e. The second-order valence-electron chi connectivity index (χ2n) is 4.33. The fourth-order valence-electron chi connectivity index (χ4n) is 1.29. The van der Waals surface area contributed by atoms with Crippen LogP contribution in [-0.4, -0.2) is 36.7 Å². The van der Waals surface area contributed by atoms with Gasteiger partial charge in [0.15, 0.2) is 0 Å². The van der Waals surface area contributed by atoms with Crippen LogP contribution in [0.5, 0.6) is 0 Å². The third-order valence-electron chi connectivity index (χ3n) is 1.83. The first kappa shape index (κ1) is 14.6. The topological polar surface area (TPSA) is 84.0 Å². The van der Waals surface area contributed by atoms with Crippen LogP contribution in [0.1, 0.15) is 13.8 Å². The first-order chi connectivity index (χ1) is 7.70. The Morgan fingerprint density at radius 1 is 1.47 bits per heavy atom. The largest absolute Gasteiger partial charge is 0.367 e. The van der Waals surface area contributed by atoms with E-state index < -0.39 is 15.6 Å². The molecule has 96 valence electrons. The number of rotatable bonds is 5. The molecule has 0 amide bonds. The fourth-order valence-corrected chi connectivity index (χ4v) is 2.85. The molecule has 6 nitrogen and oxygen atoms in total. The molecule has 0 saturated carbocycles. The molecule has 1 aromatic heterocycles. The summed E-state index contributed by atoms with van der Waals surface area (Å²) in [6, 6.07) is 0. The molecule has 0 radical (unpaired) electrons. The summed E-state index contributed by atoms with van der Waals surface area (Å²) in [5.74, 6) is 0.698. The Hall–Kier alpha value is -0.480. The molecule has 0 saturated heterocycles. The second-order valence-corrected chi connectivity index (χ2v) is 7.24. The molecule has 0 fully saturated rings. The number of nitrogens with zero attached hydrogens (tertiary/aromatic N) is 2. The molecule has 0 aliphatic heterocycles. The van der Waals surface area contributed by atoms with Gasteiger partial charge in [-0.15, -0.1) is 0 Å². The van der Waals surface area contributed by atoms with E-state index in [9.17, 15) is 8.42 Å². The van der Waals surface area contributed by atoms with Crippen molar-refractivity contribution in [2.75, 3.05) is 18.1 Å². The van der Waals surface area contributed by atoms with Crippen LogP contribution in [0, 0.1) is 3.57 Å². The minimum absolute atomic E-state index is 0.438. The lowest BCUT2D eigenvalue weighted by molar-refractivity contribution is 0.475. The van der Waals surface area contributed by atoms with Gasteiger partial charge in [-0.05, 0) is 36.4 Å². The van der Waals surface area contributed by atoms with Crippen molar-refractivity contribution >= 4 is 38.4 Å². The molecular weight excluding hydrogens is 355 g/mol. The van der Waals surface area contributed by atoms with Gasteiger partial charge in [0.25, 0.3) is 0 Å². The Bertz CT molecular complexity index is 490. The molecule has 8 heteroatoms. The van der Waals surface area contributed by atoms with E-state index in [4.69, 9.17) is 0 Å². The number of hydrogen-bond donors (Lipinski definition) is 2. The van der Waals surface area contributed by atoms with E-state index in [1.54, 1.807) is 20.0 Å². The maximum Gasteiger partial charge on any atom is 0.209 e. The van der Waals surface area contributed by atoms with E-state index in [0.29, 0.717) is 12.4 Å². The van der Waals surface area contributed by atoms with E-state index in [2.05, 4.69) is 42.6 Å². The molecule has 0 bridgehead atoms. The highest BCUT2D eigenvalue weighted by molar-refractivity contribution is 14.1. The summed E-state index contributed by atoms with van der Waals surface area (Å²) in [5.41, 5.74) is -0.582. The van der Waals surface area contributed by atoms with E-state index in [0.717, 1.165) is 9.83 Å². The maximum atomic E-state index is 11.2. The van der Waals surface area contributed by atoms with Gasteiger partial charge in [0.2, 0.25) is 10.0 Å². The zero-order valence-corrected chi connectivity index (χ0v) is 12.8. The Morgan fingerprint density at radius 2 is 2.12 bits per heavy atom. The van der Waals surface area contributed by atoms with Gasteiger partial charge in [-0.25, -0.2) is 23.1 Å². The van der Waals surface area contributed by atoms with Crippen LogP contribution in [0.4, 0.5) is 5.82 Å².